The van der Waals surface area contributed by atoms with E-state index in [4.69, 9.17) is 0 Å². The summed E-state index contributed by atoms with van der Waals surface area (Å²) < 4.78 is 1.81. The quantitative estimate of drug-likeness (QED) is 0.798. The van der Waals surface area contributed by atoms with E-state index in [2.05, 4.69) is 22.5 Å². The summed E-state index contributed by atoms with van der Waals surface area (Å²) in [7, 11) is 0. The van der Waals surface area contributed by atoms with Gasteiger partial charge in [-0.3, -0.25) is 9.36 Å². The number of H-pyrrole nitrogens is 1. The summed E-state index contributed by atoms with van der Waals surface area (Å²) in [6.45, 7) is 4.97. The molecule has 1 aromatic carbocycles. The number of hydrogen-bond donors (Lipinski definition) is 3. The number of aromatic nitrogens is 2. The molecule has 6 heteroatoms. The van der Waals surface area contributed by atoms with Crippen molar-refractivity contribution in [2.75, 3.05) is 19.6 Å². The van der Waals surface area contributed by atoms with Gasteiger partial charge in [-0.2, -0.15) is 0 Å². The highest BCUT2D eigenvalue weighted by Crippen LogP contribution is 2.35. The van der Waals surface area contributed by atoms with Crippen LogP contribution in [0.25, 0.3) is 11.0 Å². The average Bonchev–Trinajstić information content (AvgIpc) is 3.35. The van der Waals surface area contributed by atoms with Crippen molar-refractivity contribution in [3.05, 3.63) is 34.2 Å². The van der Waals surface area contributed by atoms with Crippen LogP contribution in [0.3, 0.4) is 0 Å². The molecule has 1 aliphatic carbocycles. The van der Waals surface area contributed by atoms with Gasteiger partial charge in [-0.15, -0.1) is 0 Å². The number of hydrogen-bond acceptors (Lipinski definition) is 3. The van der Waals surface area contributed by atoms with E-state index >= 15 is 0 Å². The molecule has 1 saturated carbocycles. The van der Waals surface area contributed by atoms with Gasteiger partial charge >= 0.3 is 5.69 Å². The van der Waals surface area contributed by atoms with Crippen molar-refractivity contribution in [1.82, 2.24) is 20.2 Å². The maximum Gasteiger partial charge on any atom is 0.326 e. The SMILES string of the molecule is CC1CNCCC1CNC(=O)c1ccc2c(c1)[nH]c(=O)n2C1CC1. The third kappa shape index (κ3) is 2.86. The molecule has 1 aromatic heterocycles. The lowest BCUT2D eigenvalue weighted by molar-refractivity contribution is 0.0938. The summed E-state index contributed by atoms with van der Waals surface area (Å²) in [5.41, 5.74) is 2.17. The molecule has 0 bridgehead atoms. The molecule has 128 valence electrons. The highest BCUT2D eigenvalue weighted by atomic mass is 16.2. The Hall–Kier alpha value is -2.08. The van der Waals surface area contributed by atoms with Crippen molar-refractivity contribution in [1.29, 1.82) is 0 Å². The Balaban J connectivity index is 1.49. The Morgan fingerprint density at radius 2 is 2.17 bits per heavy atom. The first-order valence-electron chi connectivity index (χ1n) is 8.86. The van der Waals surface area contributed by atoms with Gasteiger partial charge in [0.15, 0.2) is 0 Å². The largest absolute Gasteiger partial charge is 0.352 e. The number of piperidine rings is 1. The fourth-order valence-corrected chi connectivity index (χ4v) is 3.67. The summed E-state index contributed by atoms with van der Waals surface area (Å²) in [5, 5.41) is 6.43. The summed E-state index contributed by atoms with van der Waals surface area (Å²) in [6, 6.07) is 5.81. The molecule has 2 atom stereocenters. The van der Waals surface area contributed by atoms with E-state index in [1.165, 1.54) is 0 Å². The van der Waals surface area contributed by atoms with Crippen LogP contribution in [0.15, 0.2) is 23.0 Å². The number of fused-ring (bicyclic) bond motifs is 1. The minimum atomic E-state index is -0.0754. The van der Waals surface area contributed by atoms with Gasteiger partial charge in [0.05, 0.1) is 11.0 Å². The maximum absolute atomic E-state index is 12.5. The lowest BCUT2D eigenvalue weighted by Crippen LogP contribution is -2.41. The number of amides is 1. The van der Waals surface area contributed by atoms with E-state index in [9.17, 15) is 9.59 Å². The van der Waals surface area contributed by atoms with Crippen LogP contribution in [0.1, 0.15) is 42.6 Å². The minimum Gasteiger partial charge on any atom is -0.352 e. The van der Waals surface area contributed by atoms with E-state index in [0.29, 0.717) is 30.0 Å². The summed E-state index contributed by atoms with van der Waals surface area (Å²) in [4.78, 5) is 27.4. The molecule has 0 spiro atoms. The van der Waals surface area contributed by atoms with E-state index in [1.807, 2.05) is 16.7 Å². The van der Waals surface area contributed by atoms with Crippen LogP contribution < -0.4 is 16.3 Å². The van der Waals surface area contributed by atoms with Crippen molar-refractivity contribution >= 4 is 16.9 Å². The van der Waals surface area contributed by atoms with Crippen molar-refractivity contribution < 1.29 is 4.79 Å². The zero-order valence-electron chi connectivity index (χ0n) is 14.0. The molecule has 3 N–H and O–H groups in total. The Morgan fingerprint density at radius 3 is 2.92 bits per heavy atom. The zero-order chi connectivity index (χ0) is 16.7. The van der Waals surface area contributed by atoms with Gasteiger partial charge in [-0.05, 0) is 62.4 Å². The summed E-state index contributed by atoms with van der Waals surface area (Å²) >= 11 is 0. The van der Waals surface area contributed by atoms with E-state index in [1.54, 1.807) is 6.07 Å². The van der Waals surface area contributed by atoms with Crippen LogP contribution in [0.4, 0.5) is 0 Å². The average molecular weight is 328 g/mol. The molecule has 24 heavy (non-hydrogen) atoms. The van der Waals surface area contributed by atoms with Crippen molar-refractivity contribution in [2.45, 2.75) is 32.2 Å². The van der Waals surface area contributed by atoms with Gasteiger partial charge < -0.3 is 15.6 Å². The highest BCUT2D eigenvalue weighted by Gasteiger charge is 2.27. The Kier molecular flexibility index (Phi) is 3.92. The number of benzene rings is 1. The van der Waals surface area contributed by atoms with Crippen LogP contribution in [0.2, 0.25) is 0 Å². The van der Waals surface area contributed by atoms with Gasteiger partial charge in [0.25, 0.3) is 5.91 Å². The number of nitrogens with zero attached hydrogens (tertiary/aromatic N) is 1. The monoisotopic (exact) mass is 328 g/mol. The van der Waals surface area contributed by atoms with Gasteiger partial charge in [-0.25, -0.2) is 4.79 Å². The van der Waals surface area contributed by atoms with Crippen LogP contribution >= 0.6 is 0 Å². The Bertz CT molecular complexity index is 818. The number of carbonyl (C=O) groups is 1. The number of aromatic amines is 1. The molecule has 0 radical (unpaired) electrons. The molecule has 6 nitrogen and oxygen atoms in total. The van der Waals surface area contributed by atoms with Crippen LogP contribution in [-0.4, -0.2) is 35.1 Å². The molecule has 4 rings (SSSR count). The molecule has 2 fully saturated rings. The van der Waals surface area contributed by atoms with Crippen LogP contribution in [-0.2, 0) is 0 Å². The van der Waals surface area contributed by atoms with E-state index in [0.717, 1.165) is 43.4 Å². The predicted octanol–water partition coefficient (Wildman–Crippen LogP) is 1.64. The second-order valence-electron chi connectivity index (χ2n) is 7.20. The second-order valence-corrected chi connectivity index (χ2v) is 7.20. The Morgan fingerprint density at radius 1 is 1.33 bits per heavy atom. The van der Waals surface area contributed by atoms with E-state index < -0.39 is 0 Å². The predicted molar refractivity (Wildman–Crippen MR) is 93.3 cm³/mol. The third-order valence-corrected chi connectivity index (χ3v) is 5.38. The first kappa shape index (κ1) is 15.4. The fourth-order valence-electron chi connectivity index (χ4n) is 3.67. The van der Waals surface area contributed by atoms with Crippen LogP contribution in [0, 0.1) is 11.8 Å². The molecule has 2 heterocycles. The molecule has 1 saturated heterocycles. The van der Waals surface area contributed by atoms with Crippen molar-refractivity contribution in [2.24, 2.45) is 11.8 Å². The fraction of sp³-hybridized carbons (Fsp3) is 0.556. The number of imidazole rings is 1. The lowest BCUT2D eigenvalue weighted by Gasteiger charge is -2.29. The third-order valence-electron chi connectivity index (χ3n) is 5.38. The smallest absolute Gasteiger partial charge is 0.326 e. The van der Waals surface area contributed by atoms with E-state index in [-0.39, 0.29) is 11.6 Å². The molecule has 1 amide bonds. The first-order valence-corrected chi connectivity index (χ1v) is 8.86. The molecule has 1 aliphatic heterocycles. The number of nitrogens with one attached hydrogen (secondary N) is 3. The summed E-state index contributed by atoms with van der Waals surface area (Å²) in [5.74, 6) is 1.03. The molecular formula is C18H24N4O2. The first-order chi connectivity index (χ1) is 11.6. The van der Waals surface area contributed by atoms with Gasteiger partial charge in [0.2, 0.25) is 0 Å². The minimum absolute atomic E-state index is 0.0670. The van der Waals surface area contributed by atoms with Gasteiger partial charge in [0.1, 0.15) is 0 Å². The van der Waals surface area contributed by atoms with Crippen molar-refractivity contribution in [3.8, 4) is 0 Å². The second kappa shape index (κ2) is 6.09. The van der Waals surface area contributed by atoms with Gasteiger partial charge in [-0.1, -0.05) is 6.92 Å². The molecule has 2 aromatic rings. The molecule has 2 aliphatic rings. The highest BCUT2D eigenvalue weighted by molar-refractivity contribution is 5.97. The Labute approximate surface area is 140 Å². The maximum atomic E-state index is 12.5. The molecule has 2 unspecified atom stereocenters. The number of carbonyl (C=O) groups excluding carboxylic acids is 1. The lowest BCUT2D eigenvalue weighted by atomic mass is 9.88. The topological polar surface area (TPSA) is 78.9 Å². The van der Waals surface area contributed by atoms with Gasteiger partial charge in [0, 0.05) is 18.2 Å². The van der Waals surface area contributed by atoms with Crippen LogP contribution in [0.5, 0.6) is 0 Å². The normalized spacial score (nSPS) is 24.2. The molecular weight excluding hydrogens is 304 g/mol. The number of rotatable bonds is 4. The standard InChI is InChI=1S/C18H24N4O2/c1-11-9-19-7-6-13(11)10-20-17(23)12-2-5-16-15(8-12)21-18(24)22(16)14-3-4-14/h2,5,8,11,13-14,19H,3-4,6-7,9-10H2,1H3,(H,20,23)(H,21,24). The zero-order valence-corrected chi connectivity index (χ0v) is 14.0. The van der Waals surface area contributed by atoms with Crippen molar-refractivity contribution in [3.63, 3.8) is 0 Å². The summed E-state index contributed by atoms with van der Waals surface area (Å²) in [6.07, 6.45) is 3.21.